The Balaban J connectivity index is 0.00000147. The minimum absolute atomic E-state index is 0. The highest BCUT2D eigenvalue weighted by Gasteiger charge is 2.54. The summed E-state index contributed by atoms with van der Waals surface area (Å²) in [5, 5.41) is 0. The summed E-state index contributed by atoms with van der Waals surface area (Å²) in [5.41, 5.74) is 3.15. The lowest BCUT2D eigenvalue weighted by atomic mass is 10.0. The molecule has 1 fully saturated rings. The standard InChI is InChI=1S/C16H23N3.HI/c1-18(2)16(19(3)4)17-10-14-13-9-11-7-5-6-8-12(11)15(13)14;/h5-8,13-15H,9-10H2,1-4H3;1H. The molecule has 4 heteroatoms. The quantitative estimate of drug-likeness (QED) is 0.443. The SMILES string of the molecule is CN(C)C(=NCC1C2Cc3ccccc3C12)N(C)C.I. The summed E-state index contributed by atoms with van der Waals surface area (Å²) in [6, 6.07) is 8.92. The predicted octanol–water partition coefficient (Wildman–Crippen LogP) is 2.67. The lowest BCUT2D eigenvalue weighted by molar-refractivity contribution is 0.477. The molecule has 1 aromatic carbocycles. The average molecular weight is 385 g/mol. The number of hydrogen-bond acceptors (Lipinski definition) is 1. The highest BCUT2D eigenvalue weighted by molar-refractivity contribution is 14.0. The van der Waals surface area contributed by atoms with E-state index >= 15 is 0 Å². The molecule has 3 atom stereocenters. The zero-order chi connectivity index (χ0) is 13.6. The van der Waals surface area contributed by atoms with Crippen LogP contribution in [0.4, 0.5) is 0 Å². The van der Waals surface area contributed by atoms with Crippen molar-refractivity contribution in [3.05, 3.63) is 35.4 Å². The van der Waals surface area contributed by atoms with Crippen LogP contribution >= 0.6 is 24.0 Å². The number of halogens is 1. The Morgan fingerprint density at radius 1 is 1.15 bits per heavy atom. The van der Waals surface area contributed by atoms with Gasteiger partial charge in [0.15, 0.2) is 5.96 Å². The van der Waals surface area contributed by atoms with E-state index in [-0.39, 0.29) is 24.0 Å². The summed E-state index contributed by atoms with van der Waals surface area (Å²) >= 11 is 0. The van der Waals surface area contributed by atoms with Crippen LogP contribution in [-0.2, 0) is 6.42 Å². The molecule has 2 aliphatic rings. The van der Waals surface area contributed by atoms with E-state index in [1.807, 2.05) is 0 Å². The van der Waals surface area contributed by atoms with Crippen molar-refractivity contribution < 1.29 is 0 Å². The monoisotopic (exact) mass is 385 g/mol. The molecule has 0 spiro atoms. The van der Waals surface area contributed by atoms with E-state index in [0.29, 0.717) is 0 Å². The number of nitrogens with zero attached hydrogens (tertiary/aromatic N) is 3. The number of guanidine groups is 1. The molecule has 0 radical (unpaired) electrons. The molecule has 0 amide bonds. The Hall–Kier alpha value is -0.780. The van der Waals surface area contributed by atoms with Gasteiger partial charge in [0.2, 0.25) is 0 Å². The third-order valence-electron chi connectivity index (χ3n) is 4.44. The maximum absolute atomic E-state index is 4.81. The fraction of sp³-hybridized carbons (Fsp3) is 0.562. The predicted molar refractivity (Wildman–Crippen MR) is 95.0 cm³/mol. The summed E-state index contributed by atoms with van der Waals surface area (Å²) in [7, 11) is 8.23. The molecule has 20 heavy (non-hydrogen) atoms. The lowest BCUT2D eigenvalue weighted by Crippen LogP contribution is -2.35. The Labute approximate surface area is 139 Å². The molecule has 3 rings (SSSR count). The minimum Gasteiger partial charge on any atom is -0.349 e. The Bertz CT molecular complexity index is 500. The summed E-state index contributed by atoms with van der Waals surface area (Å²) in [6.45, 7) is 0.968. The second-order valence-electron chi connectivity index (χ2n) is 6.19. The van der Waals surface area contributed by atoms with E-state index in [4.69, 9.17) is 4.99 Å². The summed E-state index contributed by atoms with van der Waals surface area (Å²) in [4.78, 5) is 8.99. The van der Waals surface area contributed by atoms with Crippen LogP contribution in [0.1, 0.15) is 17.0 Å². The first kappa shape index (κ1) is 15.6. The number of aliphatic imine (C=N–C) groups is 1. The third-order valence-corrected chi connectivity index (χ3v) is 4.44. The highest BCUT2D eigenvalue weighted by Crippen LogP contribution is 2.61. The topological polar surface area (TPSA) is 18.8 Å². The molecule has 3 nitrogen and oxygen atoms in total. The van der Waals surface area contributed by atoms with Gasteiger partial charge < -0.3 is 9.80 Å². The fourth-order valence-corrected chi connectivity index (χ4v) is 3.60. The summed E-state index contributed by atoms with van der Waals surface area (Å²) in [6.07, 6.45) is 1.26. The first-order valence-corrected chi connectivity index (χ1v) is 7.06. The molecule has 0 bridgehead atoms. The highest BCUT2D eigenvalue weighted by atomic mass is 127. The number of benzene rings is 1. The van der Waals surface area contributed by atoms with E-state index < -0.39 is 0 Å². The normalized spacial score (nSPS) is 25.1. The van der Waals surface area contributed by atoms with Crippen molar-refractivity contribution in [2.45, 2.75) is 12.3 Å². The first-order valence-electron chi connectivity index (χ1n) is 7.06. The van der Waals surface area contributed by atoms with Gasteiger partial charge in [0.1, 0.15) is 0 Å². The molecule has 2 aliphatic carbocycles. The van der Waals surface area contributed by atoms with Gasteiger partial charge >= 0.3 is 0 Å². The van der Waals surface area contributed by atoms with E-state index in [9.17, 15) is 0 Å². The second-order valence-corrected chi connectivity index (χ2v) is 6.19. The summed E-state index contributed by atoms with van der Waals surface area (Å²) < 4.78 is 0. The Morgan fingerprint density at radius 2 is 1.80 bits per heavy atom. The first-order chi connectivity index (χ1) is 9.09. The molecule has 1 aromatic rings. The lowest BCUT2D eigenvalue weighted by Gasteiger charge is -2.22. The molecule has 0 heterocycles. The van der Waals surface area contributed by atoms with Crippen LogP contribution in [0.15, 0.2) is 29.3 Å². The van der Waals surface area contributed by atoms with E-state index in [1.165, 1.54) is 6.42 Å². The van der Waals surface area contributed by atoms with Gasteiger partial charge in [-0.05, 0) is 35.3 Å². The van der Waals surface area contributed by atoms with Gasteiger partial charge in [0.25, 0.3) is 0 Å². The van der Waals surface area contributed by atoms with Crippen molar-refractivity contribution >= 4 is 29.9 Å². The van der Waals surface area contributed by atoms with Gasteiger partial charge in [0.05, 0.1) is 0 Å². The van der Waals surface area contributed by atoms with Crippen LogP contribution in [0.5, 0.6) is 0 Å². The molecule has 0 aliphatic heterocycles. The fourth-order valence-electron chi connectivity index (χ4n) is 3.60. The van der Waals surface area contributed by atoms with Gasteiger partial charge in [-0.25, -0.2) is 0 Å². The van der Waals surface area contributed by atoms with Gasteiger partial charge in [0, 0.05) is 34.7 Å². The van der Waals surface area contributed by atoms with Crippen LogP contribution in [0.2, 0.25) is 0 Å². The maximum atomic E-state index is 4.81. The van der Waals surface area contributed by atoms with E-state index in [1.54, 1.807) is 11.1 Å². The molecule has 0 aromatic heterocycles. The molecular weight excluding hydrogens is 361 g/mol. The van der Waals surface area contributed by atoms with Crippen LogP contribution in [0, 0.1) is 11.8 Å². The number of rotatable bonds is 2. The van der Waals surface area contributed by atoms with Crippen LogP contribution in [-0.4, -0.2) is 50.5 Å². The maximum Gasteiger partial charge on any atom is 0.195 e. The van der Waals surface area contributed by atoms with E-state index in [0.717, 1.165) is 30.3 Å². The third kappa shape index (κ3) is 2.67. The van der Waals surface area contributed by atoms with Gasteiger partial charge in [-0.3, -0.25) is 4.99 Å². The average Bonchev–Trinajstić information content (AvgIpc) is 2.89. The van der Waals surface area contributed by atoms with Gasteiger partial charge in [-0.2, -0.15) is 0 Å². The largest absolute Gasteiger partial charge is 0.349 e. The van der Waals surface area contributed by atoms with Crippen molar-refractivity contribution in [2.24, 2.45) is 16.8 Å². The molecule has 0 saturated heterocycles. The van der Waals surface area contributed by atoms with Gasteiger partial charge in [-0.15, -0.1) is 24.0 Å². The van der Waals surface area contributed by atoms with Crippen molar-refractivity contribution in [2.75, 3.05) is 34.7 Å². The summed E-state index contributed by atoms with van der Waals surface area (Å²) in [5.74, 6) is 3.47. The zero-order valence-electron chi connectivity index (χ0n) is 12.7. The molecule has 3 unspecified atom stereocenters. The van der Waals surface area contributed by atoms with Crippen LogP contribution < -0.4 is 0 Å². The Morgan fingerprint density at radius 3 is 2.45 bits per heavy atom. The van der Waals surface area contributed by atoms with Crippen molar-refractivity contribution in [1.29, 1.82) is 0 Å². The number of hydrogen-bond donors (Lipinski definition) is 0. The number of fused-ring (bicyclic) bond motifs is 3. The second kappa shape index (κ2) is 5.92. The molecular formula is C16H24IN3. The van der Waals surface area contributed by atoms with Crippen LogP contribution in [0.3, 0.4) is 0 Å². The van der Waals surface area contributed by atoms with Crippen molar-refractivity contribution in [3.63, 3.8) is 0 Å². The Kier molecular flexibility index (Phi) is 4.62. The molecule has 110 valence electrons. The zero-order valence-corrected chi connectivity index (χ0v) is 15.0. The van der Waals surface area contributed by atoms with E-state index in [2.05, 4.69) is 62.3 Å². The van der Waals surface area contributed by atoms with Crippen LogP contribution in [0.25, 0.3) is 0 Å². The van der Waals surface area contributed by atoms with Crippen molar-refractivity contribution in [1.82, 2.24) is 9.80 Å². The molecule has 1 saturated carbocycles. The van der Waals surface area contributed by atoms with Gasteiger partial charge in [-0.1, -0.05) is 24.3 Å². The van der Waals surface area contributed by atoms with Crippen molar-refractivity contribution in [3.8, 4) is 0 Å². The minimum atomic E-state index is 0. The smallest absolute Gasteiger partial charge is 0.195 e. The molecule has 0 N–H and O–H groups in total.